The Morgan fingerprint density at radius 3 is 1.72 bits per heavy atom. The van der Waals surface area contributed by atoms with E-state index in [2.05, 4.69) is 29.9 Å². The van der Waals surface area contributed by atoms with Crippen LogP contribution >= 0.6 is 0 Å². The molecule has 0 radical (unpaired) electrons. The minimum absolute atomic E-state index is 0.329. The average molecular weight is 873 g/mol. The van der Waals surface area contributed by atoms with E-state index < -0.39 is 29.8 Å². The van der Waals surface area contributed by atoms with Crippen molar-refractivity contribution in [3.63, 3.8) is 0 Å². The smallest absolute Gasteiger partial charge is 0.337 e. The highest BCUT2D eigenvalue weighted by Gasteiger charge is 2.18. The van der Waals surface area contributed by atoms with Crippen molar-refractivity contribution in [3.8, 4) is 0 Å². The van der Waals surface area contributed by atoms with E-state index in [1.165, 1.54) is 28.5 Å². The third kappa shape index (κ3) is 11.2. The third-order valence-electron chi connectivity index (χ3n) is 10.9. The maximum atomic E-state index is 10.8. The SMILES string of the molecule is CC1=Cc2cc(C(=O)O)ccc2C1.CC1=Cc2ccc(C(=O)O)cc2C1.CC1=Cc2cccc(C(=O)O)c2C1.Cc1cc2c(C(=O)O)cccc2[nH]1.Cc1ccc2c(C(=O)O)c[nH]c2c1. The summed E-state index contributed by atoms with van der Waals surface area (Å²) in [5, 5.41) is 45.7. The summed E-state index contributed by atoms with van der Waals surface area (Å²) >= 11 is 0. The Morgan fingerprint density at radius 1 is 0.462 bits per heavy atom. The van der Waals surface area contributed by atoms with Crippen molar-refractivity contribution >= 4 is 69.9 Å². The molecule has 3 aliphatic rings. The van der Waals surface area contributed by atoms with Gasteiger partial charge in [0.2, 0.25) is 0 Å². The van der Waals surface area contributed by atoms with Crippen LogP contribution in [0.3, 0.4) is 0 Å². The van der Waals surface area contributed by atoms with E-state index in [-0.39, 0.29) is 0 Å². The number of fused-ring (bicyclic) bond motifs is 5. The van der Waals surface area contributed by atoms with Gasteiger partial charge in [-0.05, 0) is 147 Å². The highest BCUT2D eigenvalue weighted by Crippen LogP contribution is 2.29. The van der Waals surface area contributed by atoms with Crippen molar-refractivity contribution in [2.24, 2.45) is 0 Å². The maximum absolute atomic E-state index is 10.8. The summed E-state index contributed by atoms with van der Waals surface area (Å²) in [5.74, 6) is -4.33. The van der Waals surface area contributed by atoms with Gasteiger partial charge in [-0.3, -0.25) is 0 Å². The van der Waals surface area contributed by atoms with Gasteiger partial charge in [0.25, 0.3) is 0 Å². The van der Waals surface area contributed by atoms with Gasteiger partial charge >= 0.3 is 29.8 Å². The number of carboxylic acids is 5. The molecule has 5 aromatic carbocycles. The van der Waals surface area contributed by atoms with Crippen molar-refractivity contribution < 1.29 is 49.5 Å². The number of aromatic nitrogens is 2. The zero-order chi connectivity index (χ0) is 47.1. The van der Waals surface area contributed by atoms with Crippen LogP contribution in [0.2, 0.25) is 0 Å². The molecule has 3 aliphatic carbocycles. The molecule has 7 aromatic rings. The quantitative estimate of drug-likeness (QED) is 0.0867. The molecule has 0 saturated carbocycles. The average Bonchev–Trinajstić information content (AvgIpc) is 4.09. The van der Waals surface area contributed by atoms with Gasteiger partial charge in [0.15, 0.2) is 0 Å². The lowest BCUT2D eigenvalue weighted by Crippen LogP contribution is -2.01. The first-order valence-electron chi connectivity index (χ1n) is 20.6. The molecule has 0 bridgehead atoms. The molecule has 0 aliphatic heterocycles. The number of H-pyrrole nitrogens is 2. The largest absolute Gasteiger partial charge is 0.478 e. The lowest BCUT2D eigenvalue weighted by Gasteiger charge is -2.02. The molecule has 0 amide bonds. The van der Waals surface area contributed by atoms with Crippen molar-refractivity contribution in [2.45, 2.75) is 53.9 Å². The van der Waals surface area contributed by atoms with Crippen molar-refractivity contribution in [3.05, 3.63) is 192 Å². The molecule has 0 atom stereocenters. The van der Waals surface area contributed by atoms with E-state index in [0.717, 1.165) is 80.1 Å². The molecular weight excluding hydrogens is 825 g/mol. The molecule has 330 valence electrons. The number of hydrogen-bond acceptors (Lipinski definition) is 5. The molecular formula is C53H48N2O10. The molecule has 0 saturated heterocycles. The summed E-state index contributed by atoms with van der Waals surface area (Å²) in [6.07, 6.45) is 10.3. The topological polar surface area (TPSA) is 218 Å². The summed E-state index contributed by atoms with van der Waals surface area (Å²) < 4.78 is 0. The molecule has 10 rings (SSSR count). The van der Waals surface area contributed by atoms with Gasteiger partial charge in [0, 0.05) is 33.7 Å². The van der Waals surface area contributed by atoms with Gasteiger partial charge in [0.05, 0.1) is 27.8 Å². The van der Waals surface area contributed by atoms with Gasteiger partial charge in [-0.25, -0.2) is 24.0 Å². The van der Waals surface area contributed by atoms with E-state index in [0.29, 0.717) is 27.8 Å². The molecule has 7 N–H and O–H groups in total. The van der Waals surface area contributed by atoms with Crippen LogP contribution in [0.15, 0.2) is 120 Å². The monoisotopic (exact) mass is 872 g/mol. The Morgan fingerprint density at radius 2 is 1.05 bits per heavy atom. The predicted octanol–water partition coefficient (Wildman–Crippen LogP) is 11.4. The van der Waals surface area contributed by atoms with Gasteiger partial charge in [-0.2, -0.15) is 0 Å². The van der Waals surface area contributed by atoms with Gasteiger partial charge in [-0.1, -0.05) is 77.4 Å². The minimum atomic E-state index is -0.893. The van der Waals surface area contributed by atoms with Crippen LogP contribution in [0.5, 0.6) is 0 Å². The minimum Gasteiger partial charge on any atom is -0.478 e. The number of hydrogen-bond donors (Lipinski definition) is 7. The Hall–Kier alpha value is -8.25. The number of aryl methyl sites for hydroxylation is 2. The number of allylic oxidation sites excluding steroid dienone is 3. The molecule has 12 heteroatoms. The fraction of sp³-hybridized carbons (Fsp3) is 0.151. The standard InChI is InChI=1S/3C11H10O2.2C10H9NO2/c2*1-7-4-8-2-3-9(11(12)13)6-10(8)5-7;1-7-5-8-3-2-4-9(11(12)13)10(8)6-7;1-6-2-3-7-8(10(12)13)5-11-9(7)4-6;1-6-5-8-7(10(12)13)3-2-4-9(8)11-6/h2-3,5-6H,4H2,1H3,(H,12,13);2-4,6H,5H2,1H3,(H,12,13);2-5H,6H2,1H3,(H,12,13);2*2-5,11H,1H3,(H,12,13). The summed E-state index contributed by atoms with van der Waals surface area (Å²) in [6.45, 7) is 10.0. The van der Waals surface area contributed by atoms with E-state index in [9.17, 15) is 24.0 Å². The normalized spacial score (nSPS) is 12.5. The van der Waals surface area contributed by atoms with Crippen molar-refractivity contribution in [1.29, 1.82) is 0 Å². The summed E-state index contributed by atoms with van der Waals surface area (Å²) in [4.78, 5) is 59.7. The summed E-state index contributed by atoms with van der Waals surface area (Å²) in [5.41, 5.74) is 16.1. The van der Waals surface area contributed by atoms with Gasteiger partial charge < -0.3 is 35.5 Å². The number of aromatic carboxylic acids is 5. The molecule has 0 fully saturated rings. The van der Waals surface area contributed by atoms with E-state index in [1.54, 1.807) is 48.5 Å². The second-order valence-electron chi connectivity index (χ2n) is 16.2. The fourth-order valence-corrected chi connectivity index (χ4v) is 7.92. The zero-order valence-electron chi connectivity index (χ0n) is 36.4. The van der Waals surface area contributed by atoms with Crippen LogP contribution in [-0.4, -0.2) is 65.3 Å². The van der Waals surface area contributed by atoms with Gasteiger partial charge in [0.1, 0.15) is 0 Å². The molecule has 2 heterocycles. The molecule has 12 nitrogen and oxygen atoms in total. The first-order chi connectivity index (χ1) is 30.9. The highest BCUT2D eigenvalue weighted by atomic mass is 16.4. The molecule has 0 unspecified atom stereocenters. The van der Waals surface area contributed by atoms with Crippen LogP contribution in [-0.2, 0) is 19.3 Å². The summed E-state index contributed by atoms with van der Waals surface area (Å²) in [6, 6.07) is 28.7. The predicted molar refractivity (Wildman–Crippen MR) is 252 cm³/mol. The zero-order valence-corrected chi connectivity index (χ0v) is 36.4. The number of rotatable bonds is 5. The van der Waals surface area contributed by atoms with Gasteiger partial charge in [-0.15, -0.1) is 0 Å². The van der Waals surface area contributed by atoms with E-state index >= 15 is 0 Å². The number of benzene rings is 5. The first-order valence-corrected chi connectivity index (χ1v) is 20.6. The highest BCUT2D eigenvalue weighted by molar-refractivity contribution is 6.04. The van der Waals surface area contributed by atoms with Crippen molar-refractivity contribution in [2.75, 3.05) is 0 Å². The van der Waals surface area contributed by atoms with Crippen molar-refractivity contribution in [1.82, 2.24) is 9.97 Å². The number of carbonyl (C=O) groups is 5. The van der Waals surface area contributed by atoms with E-state index in [4.69, 9.17) is 25.5 Å². The van der Waals surface area contributed by atoms with Crippen LogP contribution in [0.25, 0.3) is 40.0 Å². The second kappa shape index (κ2) is 19.9. The number of aromatic amines is 2. The van der Waals surface area contributed by atoms with Crippen LogP contribution in [0, 0.1) is 13.8 Å². The van der Waals surface area contributed by atoms with Crippen LogP contribution < -0.4 is 0 Å². The Kier molecular flexibility index (Phi) is 14.1. The lowest BCUT2D eigenvalue weighted by molar-refractivity contribution is 0.0685. The summed E-state index contributed by atoms with van der Waals surface area (Å²) in [7, 11) is 0. The molecule has 0 spiro atoms. The molecule has 65 heavy (non-hydrogen) atoms. The Labute approximate surface area is 374 Å². The van der Waals surface area contributed by atoms with Crippen LogP contribution in [0.4, 0.5) is 0 Å². The van der Waals surface area contributed by atoms with E-state index in [1.807, 2.05) is 81.5 Å². The fourth-order valence-electron chi connectivity index (χ4n) is 7.92. The van der Waals surface area contributed by atoms with Crippen LogP contribution in [0.1, 0.15) is 117 Å². The number of carboxylic acid groups (broad SMARTS) is 5. The second-order valence-corrected chi connectivity index (χ2v) is 16.2. The Bertz CT molecular complexity index is 3120. The first kappa shape index (κ1) is 46.3. The Balaban J connectivity index is 0.000000135. The lowest BCUT2D eigenvalue weighted by atomic mass is 10.0. The number of nitrogens with one attached hydrogen (secondary N) is 2. The maximum Gasteiger partial charge on any atom is 0.337 e. The third-order valence-corrected chi connectivity index (χ3v) is 10.9. The molecule has 2 aromatic heterocycles.